The molecule has 0 aromatic heterocycles. The molecule has 264 valence electrons. The summed E-state index contributed by atoms with van der Waals surface area (Å²) >= 11 is 0. The van der Waals surface area contributed by atoms with Crippen molar-refractivity contribution in [2.24, 2.45) is 0 Å². The van der Waals surface area contributed by atoms with Gasteiger partial charge in [-0.1, -0.05) is 0 Å². The minimum absolute atomic E-state index is 0.549. The molecule has 2 heterocycles. The summed E-state index contributed by atoms with van der Waals surface area (Å²) in [6.07, 6.45) is -12.1. The summed E-state index contributed by atoms with van der Waals surface area (Å²) in [6.45, 7) is 7.56. The third kappa shape index (κ3) is 12.1. The number of rotatable bonds is 12. The summed E-state index contributed by atoms with van der Waals surface area (Å²) in [5, 5.41) is 5.02. The Kier molecular flexibility index (Phi) is 14.5. The minimum Gasteiger partial charge on any atom is -0.463 e. The third-order valence-electron chi connectivity index (χ3n) is 6.41. The lowest BCUT2D eigenvalue weighted by Crippen LogP contribution is -2.70. The number of hydrogen-bond acceptors (Lipinski definition) is 17. The maximum Gasteiger partial charge on any atom is 0.305 e. The van der Waals surface area contributed by atoms with Crippen molar-refractivity contribution in [2.75, 3.05) is 13.2 Å². The van der Waals surface area contributed by atoms with E-state index in [1.54, 1.807) is 0 Å². The van der Waals surface area contributed by atoms with Gasteiger partial charge in [-0.05, 0) is 0 Å². The van der Waals surface area contributed by atoms with Crippen LogP contribution in [0.3, 0.4) is 0 Å². The molecule has 2 fully saturated rings. The van der Waals surface area contributed by atoms with Gasteiger partial charge in [0.05, 0.1) is 0 Å². The molecule has 19 heteroatoms. The lowest BCUT2D eigenvalue weighted by Gasteiger charge is -2.49. The molecule has 0 aromatic carbocycles. The average molecular weight is 677 g/mol. The number of nitrogens with one attached hydrogen (secondary N) is 2. The van der Waals surface area contributed by atoms with Crippen LogP contribution in [-0.2, 0) is 81.0 Å². The first-order chi connectivity index (χ1) is 21.9. The third-order valence-corrected chi connectivity index (χ3v) is 6.41. The Bertz CT molecular complexity index is 1210. The Balaban J connectivity index is 2.73. The molecule has 10 atom stereocenters. The van der Waals surface area contributed by atoms with Crippen LogP contribution in [0.1, 0.15) is 55.4 Å². The van der Waals surface area contributed by atoms with Gasteiger partial charge in [-0.2, -0.15) is 0 Å². The van der Waals surface area contributed by atoms with Gasteiger partial charge in [0, 0.05) is 55.4 Å². The Labute approximate surface area is 269 Å². The monoisotopic (exact) mass is 676 g/mol. The molecule has 47 heavy (non-hydrogen) atoms. The van der Waals surface area contributed by atoms with Gasteiger partial charge in [-0.25, -0.2) is 0 Å². The smallest absolute Gasteiger partial charge is 0.305 e. The van der Waals surface area contributed by atoms with Crippen LogP contribution in [0.5, 0.6) is 0 Å². The normalized spacial score (nSPS) is 30.0. The van der Waals surface area contributed by atoms with Crippen LogP contribution in [-0.4, -0.2) is 122 Å². The predicted octanol–water partition coefficient (Wildman–Crippen LogP) is -1.68. The molecule has 2 saturated heterocycles. The number of carbonyl (C=O) groups excluding carboxylic acids is 8. The molecule has 2 N–H and O–H groups in total. The standard InChI is InChI=1S/C28H40N2O17/c1-11(31)29-21-26(43-17(7)37)24(20(10-40-14(4)34)45-27(21)44-18(8)38)47-28-22(30-12(2)32)25(42-16(6)36)23(41-15(5)35)19(46-28)9-39-13(3)33/h19-28H,9-10H2,1-8H3,(H,29,31)(H,30,32)/t19-,20-,21+,22-,23-,24-,25-,26+,27?,28+/m1/s1. The van der Waals surface area contributed by atoms with Crippen LogP contribution in [0.2, 0.25) is 0 Å². The molecule has 0 bridgehead atoms. The van der Waals surface area contributed by atoms with Crippen LogP contribution < -0.4 is 10.6 Å². The Morgan fingerprint density at radius 1 is 0.468 bits per heavy atom. The fraction of sp³-hybridized carbons (Fsp3) is 0.714. The second-order valence-electron chi connectivity index (χ2n) is 10.6. The van der Waals surface area contributed by atoms with Crippen LogP contribution >= 0.6 is 0 Å². The summed E-state index contributed by atoms with van der Waals surface area (Å²) in [4.78, 5) is 96.7. The van der Waals surface area contributed by atoms with Gasteiger partial charge >= 0.3 is 35.8 Å². The van der Waals surface area contributed by atoms with Crippen LogP contribution in [0, 0.1) is 0 Å². The van der Waals surface area contributed by atoms with E-state index in [-0.39, 0.29) is 0 Å². The van der Waals surface area contributed by atoms with E-state index in [0.29, 0.717) is 0 Å². The van der Waals surface area contributed by atoms with Gasteiger partial charge in [-0.3, -0.25) is 38.4 Å². The number of amides is 2. The molecule has 2 rings (SSSR count). The summed E-state index contributed by atoms with van der Waals surface area (Å²) in [5.41, 5.74) is 0. The zero-order chi connectivity index (χ0) is 35.6. The second-order valence-corrected chi connectivity index (χ2v) is 10.6. The van der Waals surface area contributed by atoms with Crippen molar-refractivity contribution in [2.45, 2.75) is 117 Å². The Morgan fingerprint density at radius 2 is 0.830 bits per heavy atom. The maximum atomic E-state index is 12.4. The quantitative estimate of drug-likeness (QED) is 0.173. The van der Waals surface area contributed by atoms with Gasteiger partial charge in [0.1, 0.15) is 43.6 Å². The molecule has 0 aliphatic carbocycles. The number of esters is 6. The summed E-state index contributed by atoms with van der Waals surface area (Å²) in [5.74, 6) is -6.25. The van der Waals surface area contributed by atoms with Gasteiger partial charge in [-0.15, -0.1) is 0 Å². The van der Waals surface area contributed by atoms with Crippen molar-refractivity contribution in [1.82, 2.24) is 10.6 Å². The van der Waals surface area contributed by atoms with Crippen molar-refractivity contribution >= 4 is 47.6 Å². The molecular formula is C28H40N2O17. The maximum absolute atomic E-state index is 12.4. The second kappa shape index (κ2) is 17.5. The van der Waals surface area contributed by atoms with E-state index in [4.69, 9.17) is 42.6 Å². The molecule has 0 aromatic rings. The Hall–Kier alpha value is -4.36. The highest BCUT2D eigenvalue weighted by molar-refractivity contribution is 5.74. The van der Waals surface area contributed by atoms with Crippen molar-refractivity contribution in [3.63, 3.8) is 0 Å². The fourth-order valence-corrected chi connectivity index (χ4v) is 4.95. The predicted molar refractivity (Wildman–Crippen MR) is 149 cm³/mol. The van der Waals surface area contributed by atoms with Gasteiger partial charge in [0.2, 0.25) is 18.1 Å². The number of carbonyl (C=O) groups is 8. The highest BCUT2D eigenvalue weighted by atomic mass is 16.8. The van der Waals surface area contributed by atoms with Gasteiger partial charge in [0.15, 0.2) is 24.6 Å². The summed E-state index contributed by atoms with van der Waals surface area (Å²) < 4.78 is 50.1. The van der Waals surface area contributed by atoms with Gasteiger partial charge < -0.3 is 53.3 Å². The van der Waals surface area contributed by atoms with Crippen molar-refractivity contribution in [3.05, 3.63) is 0 Å². The first kappa shape index (κ1) is 38.8. The van der Waals surface area contributed by atoms with Crippen LogP contribution in [0.4, 0.5) is 0 Å². The molecule has 0 radical (unpaired) electrons. The van der Waals surface area contributed by atoms with Crippen LogP contribution in [0.15, 0.2) is 0 Å². The Morgan fingerprint density at radius 3 is 1.23 bits per heavy atom. The molecule has 2 amide bonds. The molecule has 2 aliphatic heterocycles. The molecule has 19 nitrogen and oxygen atoms in total. The van der Waals surface area contributed by atoms with E-state index in [2.05, 4.69) is 10.6 Å². The van der Waals surface area contributed by atoms with Gasteiger partial charge in [0.25, 0.3) is 0 Å². The minimum atomic E-state index is -1.69. The zero-order valence-electron chi connectivity index (χ0n) is 27.1. The molecule has 0 saturated carbocycles. The van der Waals surface area contributed by atoms with Crippen molar-refractivity contribution in [3.8, 4) is 0 Å². The fourth-order valence-electron chi connectivity index (χ4n) is 4.95. The van der Waals surface area contributed by atoms with Crippen LogP contribution in [0.25, 0.3) is 0 Å². The highest BCUT2D eigenvalue weighted by Crippen LogP contribution is 2.33. The number of hydrogen-bond donors (Lipinski definition) is 2. The number of ether oxygens (including phenoxy) is 9. The molecule has 0 spiro atoms. The van der Waals surface area contributed by atoms with E-state index in [9.17, 15) is 38.4 Å². The highest BCUT2D eigenvalue weighted by Gasteiger charge is 2.56. The summed E-state index contributed by atoms with van der Waals surface area (Å²) in [7, 11) is 0. The van der Waals surface area contributed by atoms with E-state index in [1.807, 2.05) is 0 Å². The van der Waals surface area contributed by atoms with Crippen molar-refractivity contribution in [1.29, 1.82) is 0 Å². The van der Waals surface area contributed by atoms with E-state index in [1.165, 1.54) is 0 Å². The average Bonchev–Trinajstić information content (AvgIpc) is 2.91. The molecule has 1 unspecified atom stereocenters. The topological polar surface area (TPSA) is 244 Å². The van der Waals surface area contributed by atoms with Crippen molar-refractivity contribution < 1.29 is 81.0 Å². The largest absolute Gasteiger partial charge is 0.463 e. The van der Waals surface area contributed by atoms with E-state index >= 15 is 0 Å². The van der Waals surface area contributed by atoms with E-state index in [0.717, 1.165) is 55.4 Å². The first-order valence-electron chi connectivity index (χ1n) is 14.4. The first-order valence-corrected chi connectivity index (χ1v) is 14.4. The lowest BCUT2D eigenvalue weighted by atomic mass is 9.94. The van der Waals surface area contributed by atoms with E-state index < -0.39 is 122 Å². The molecule has 2 aliphatic rings. The lowest BCUT2D eigenvalue weighted by molar-refractivity contribution is -0.330. The summed E-state index contributed by atoms with van der Waals surface area (Å²) in [6, 6.07) is -2.86. The SMILES string of the molecule is CC(=O)N[C@H]1[C@H](O[C@H]2[C@@H](OC(C)=O)[C@H](NC(C)=O)C(OC(C)=O)O[C@@H]2COC(C)=O)O[C@H](COC(C)=O)[C@@H](OC(C)=O)[C@@H]1OC(C)=O. The zero-order valence-corrected chi connectivity index (χ0v) is 27.1. The molecular weight excluding hydrogens is 636 g/mol.